The first kappa shape index (κ1) is 16.0. The predicted molar refractivity (Wildman–Crippen MR) is 82.6 cm³/mol. The monoisotopic (exact) mass is 273 g/mol. The van der Waals surface area contributed by atoms with Crippen molar-refractivity contribution in [3.05, 3.63) is 23.8 Å². The van der Waals surface area contributed by atoms with Crippen LogP contribution in [0.5, 0.6) is 0 Å². The second-order valence-corrected chi connectivity index (χ2v) is 5.89. The van der Waals surface area contributed by atoms with Gasteiger partial charge in [0.15, 0.2) is 0 Å². The van der Waals surface area contributed by atoms with Gasteiger partial charge in [-0.2, -0.15) is 5.26 Å². The van der Waals surface area contributed by atoms with Crippen molar-refractivity contribution in [3.8, 4) is 6.07 Å². The van der Waals surface area contributed by atoms with Crippen LogP contribution in [0, 0.1) is 23.7 Å². The van der Waals surface area contributed by atoms with Gasteiger partial charge in [-0.15, -0.1) is 0 Å². The molecular weight excluding hydrogens is 250 g/mol. The Morgan fingerprint density at radius 1 is 1.40 bits per heavy atom. The lowest BCUT2D eigenvalue weighted by Crippen LogP contribution is -2.23. The van der Waals surface area contributed by atoms with Crippen LogP contribution in [0.2, 0.25) is 0 Å². The first-order valence-corrected chi connectivity index (χ1v) is 6.83. The molecule has 0 spiro atoms. The zero-order valence-electron chi connectivity index (χ0n) is 12.7. The molecule has 1 aromatic carbocycles. The van der Waals surface area contributed by atoms with Gasteiger partial charge in [-0.25, -0.2) is 0 Å². The summed E-state index contributed by atoms with van der Waals surface area (Å²) in [7, 11) is 0. The highest BCUT2D eigenvalue weighted by atomic mass is 16.1. The van der Waals surface area contributed by atoms with Crippen molar-refractivity contribution in [1.82, 2.24) is 0 Å². The minimum atomic E-state index is -0.0698. The van der Waals surface area contributed by atoms with Gasteiger partial charge in [0.2, 0.25) is 5.91 Å². The molecule has 0 heterocycles. The highest BCUT2D eigenvalue weighted by Gasteiger charge is 2.17. The summed E-state index contributed by atoms with van der Waals surface area (Å²) in [5.41, 5.74) is 2.91. The largest absolute Gasteiger partial charge is 0.384 e. The molecule has 4 heteroatoms. The SMILES string of the molecule is CC(=O)Nc1cc(NCC(C)(C)CCC#N)ccc1C. The Hall–Kier alpha value is -2.02. The molecule has 1 amide bonds. The molecule has 0 fully saturated rings. The molecule has 2 N–H and O–H groups in total. The Labute approximate surface area is 121 Å². The second kappa shape index (κ2) is 6.95. The summed E-state index contributed by atoms with van der Waals surface area (Å²) < 4.78 is 0. The number of nitrogens with zero attached hydrogens (tertiary/aromatic N) is 1. The zero-order valence-corrected chi connectivity index (χ0v) is 12.7. The normalized spacial score (nSPS) is 10.8. The third-order valence-corrected chi connectivity index (χ3v) is 3.23. The molecule has 0 saturated carbocycles. The van der Waals surface area contributed by atoms with E-state index in [2.05, 4.69) is 30.6 Å². The summed E-state index contributed by atoms with van der Waals surface area (Å²) in [6, 6.07) is 8.11. The van der Waals surface area contributed by atoms with Gasteiger partial charge in [0, 0.05) is 31.3 Å². The smallest absolute Gasteiger partial charge is 0.221 e. The molecule has 0 atom stereocenters. The predicted octanol–water partition coefficient (Wildman–Crippen LogP) is 3.70. The molecule has 0 aromatic heterocycles. The fourth-order valence-corrected chi connectivity index (χ4v) is 1.88. The highest BCUT2D eigenvalue weighted by molar-refractivity contribution is 5.90. The van der Waals surface area contributed by atoms with Crippen LogP contribution in [0.25, 0.3) is 0 Å². The maximum Gasteiger partial charge on any atom is 0.221 e. The molecule has 0 aliphatic rings. The lowest BCUT2D eigenvalue weighted by Gasteiger charge is -2.24. The van der Waals surface area contributed by atoms with Crippen molar-refractivity contribution in [2.75, 3.05) is 17.2 Å². The lowest BCUT2D eigenvalue weighted by atomic mass is 9.88. The van der Waals surface area contributed by atoms with Gasteiger partial charge in [0.1, 0.15) is 0 Å². The summed E-state index contributed by atoms with van der Waals surface area (Å²) in [4.78, 5) is 11.1. The fraction of sp³-hybridized carbons (Fsp3) is 0.500. The van der Waals surface area contributed by atoms with Crippen molar-refractivity contribution in [1.29, 1.82) is 5.26 Å². The molecule has 0 radical (unpaired) electrons. The molecule has 0 aliphatic carbocycles. The topological polar surface area (TPSA) is 64.9 Å². The van der Waals surface area contributed by atoms with E-state index in [0.717, 1.165) is 29.9 Å². The quantitative estimate of drug-likeness (QED) is 0.830. The third-order valence-electron chi connectivity index (χ3n) is 3.23. The molecule has 0 bridgehead atoms. The standard InChI is InChI=1S/C16H23N3O/c1-12-6-7-14(10-15(12)19-13(2)20)18-11-16(3,4)8-5-9-17/h6-7,10,18H,5,8,11H2,1-4H3,(H,19,20). The number of nitriles is 1. The molecular formula is C16H23N3O. The van der Waals surface area contributed by atoms with Crippen molar-refractivity contribution < 1.29 is 4.79 Å². The molecule has 1 rings (SSSR count). The summed E-state index contributed by atoms with van der Waals surface area (Å²) in [5, 5.41) is 14.9. The lowest BCUT2D eigenvalue weighted by molar-refractivity contribution is -0.114. The van der Waals surface area contributed by atoms with Gasteiger partial charge in [-0.05, 0) is 36.5 Å². The van der Waals surface area contributed by atoms with Crippen LogP contribution in [0.3, 0.4) is 0 Å². The fourth-order valence-electron chi connectivity index (χ4n) is 1.88. The van der Waals surface area contributed by atoms with Crippen molar-refractivity contribution in [3.63, 3.8) is 0 Å². The molecule has 0 saturated heterocycles. The second-order valence-electron chi connectivity index (χ2n) is 5.89. The van der Waals surface area contributed by atoms with E-state index in [-0.39, 0.29) is 11.3 Å². The van der Waals surface area contributed by atoms with Crippen LogP contribution >= 0.6 is 0 Å². The Morgan fingerprint density at radius 2 is 2.10 bits per heavy atom. The van der Waals surface area contributed by atoms with E-state index in [4.69, 9.17) is 5.26 Å². The van der Waals surface area contributed by atoms with Crippen LogP contribution < -0.4 is 10.6 Å². The van der Waals surface area contributed by atoms with E-state index in [1.807, 2.05) is 25.1 Å². The van der Waals surface area contributed by atoms with E-state index in [1.54, 1.807) is 0 Å². The van der Waals surface area contributed by atoms with E-state index >= 15 is 0 Å². The molecule has 0 aliphatic heterocycles. The number of hydrogen-bond donors (Lipinski definition) is 2. The van der Waals surface area contributed by atoms with E-state index in [1.165, 1.54) is 6.92 Å². The van der Waals surface area contributed by atoms with Gasteiger partial charge >= 0.3 is 0 Å². The summed E-state index contributed by atoms with van der Waals surface area (Å²) in [5.74, 6) is -0.0698. The van der Waals surface area contributed by atoms with Gasteiger partial charge < -0.3 is 10.6 Å². The van der Waals surface area contributed by atoms with Crippen molar-refractivity contribution >= 4 is 17.3 Å². The minimum Gasteiger partial charge on any atom is -0.384 e. The van der Waals surface area contributed by atoms with Gasteiger partial charge in [0.25, 0.3) is 0 Å². The highest BCUT2D eigenvalue weighted by Crippen LogP contribution is 2.25. The average molecular weight is 273 g/mol. The minimum absolute atomic E-state index is 0.0643. The summed E-state index contributed by atoms with van der Waals surface area (Å²) >= 11 is 0. The Kier molecular flexibility index (Phi) is 5.57. The van der Waals surface area contributed by atoms with E-state index < -0.39 is 0 Å². The summed E-state index contributed by atoms with van der Waals surface area (Å²) in [6.45, 7) is 8.54. The number of amides is 1. The molecule has 20 heavy (non-hydrogen) atoms. The van der Waals surface area contributed by atoms with Crippen LogP contribution in [0.15, 0.2) is 18.2 Å². The van der Waals surface area contributed by atoms with Gasteiger partial charge in [-0.3, -0.25) is 4.79 Å². The zero-order chi connectivity index (χ0) is 15.2. The van der Waals surface area contributed by atoms with Crippen LogP contribution in [0.1, 0.15) is 39.2 Å². The number of benzene rings is 1. The number of anilines is 2. The molecule has 4 nitrogen and oxygen atoms in total. The number of rotatable bonds is 6. The van der Waals surface area contributed by atoms with Crippen LogP contribution in [-0.4, -0.2) is 12.5 Å². The third kappa shape index (κ3) is 5.31. The van der Waals surface area contributed by atoms with Crippen molar-refractivity contribution in [2.45, 2.75) is 40.5 Å². The van der Waals surface area contributed by atoms with E-state index in [0.29, 0.717) is 6.42 Å². The van der Waals surface area contributed by atoms with Crippen LogP contribution in [-0.2, 0) is 4.79 Å². The Balaban J connectivity index is 2.69. The number of hydrogen-bond acceptors (Lipinski definition) is 3. The maximum absolute atomic E-state index is 11.1. The molecule has 1 aromatic rings. The number of carbonyl (C=O) groups excluding carboxylic acids is 1. The summed E-state index contributed by atoms with van der Waals surface area (Å²) in [6.07, 6.45) is 1.43. The Bertz CT molecular complexity index is 515. The average Bonchev–Trinajstić information content (AvgIpc) is 2.37. The van der Waals surface area contributed by atoms with Gasteiger partial charge in [0.05, 0.1) is 6.07 Å². The first-order chi connectivity index (χ1) is 9.34. The first-order valence-electron chi connectivity index (χ1n) is 6.83. The Morgan fingerprint density at radius 3 is 2.70 bits per heavy atom. The number of carbonyl (C=O) groups is 1. The maximum atomic E-state index is 11.1. The van der Waals surface area contributed by atoms with Gasteiger partial charge in [-0.1, -0.05) is 19.9 Å². The number of nitrogens with one attached hydrogen (secondary N) is 2. The van der Waals surface area contributed by atoms with Crippen molar-refractivity contribution in [2.24, 2.45) is 5.41 Å². The van der Waals surface area contributed by atoms with E-state index in [9.17, 15) is 4.79 Å². The van der Waals surface area contributed by atoms with Crippen LogP contribution in [0.4, 0.5) is 11.4 Å². The number of aryl methyl sites for hydroxylation is 1. The molecule has 0 unspecified atom stereocenters. The molecule has 108 valence electrons.